The lowest BCUT2D eigenvalue weighted by Gasteiger charge is -2.19. The Balaban J connectivity index is 3.46. The van der Waals surface area contributed by atoms with Gasteiger partial charge in [-0.1, -0.05) is 13.8 Å². The number of amides is 1. The summed E-state index contributed by atoms with van der Waals surface area (Å²) in [6, 6.07) is 2.90. The number of hydrogen-bond acceptors (Lipinski definition) is 4. The average Bonchev–Trinajstić information content (AvgIpc) is 2.46. The van der Waals surface area contributed by atoms with Gasteiger partial charge in [-0.2, -0.15) is 13.2 Å². The first-order chi connectivity index (χ1) is 11.0. The lowest BCUT2D eigenvalue weighted by Crippen LogP contribution is -2.30. The van der Waals surface area contributed by atoms with Crippen LogP contribution in [0, 0.1) is 6.92 Å². The third-order valence-corrected chi connectivity index (χ3v) is 3.14. The molecular weight excluding hydrogens is 327 g/mol. The first-order valence-electron chi connectivity index (χ1n) is 7.04. The Bertz CT molecular complexity index is 679. The Morgan fingerprint density at radius 2 is 1.79 bits per heavy atom. The Kier molecular flexibility index (Phi) is 6.11. The van der Waals surface area contributed by atoms with Crippen molar-refractivity contribution in [3.63, 3.8) is 0 Å². The first kappa shape index (κ1) is 19.7. The van der Waals surface area contributed by atoms with Crippen molar-refractivity contribution in [3.8, 4) is 5.75 Å². The Labute approximate surface area is 137 Å². The van der Waals surface area contributed by atoms with Crippen LogP contribution in [-0.2, 0) is 4.74 Å². The molecule has 0 atom stereocenters. The zero-order valence-corrected chi connectivity index (χ0v) is 13.9. The maximum atomic E-state index is 13.1. The molecule has 0 aromatic heterocycles. The molecule has 0 unspecified atom stereocenters. The SMILES string of the molecule is COC(=O)N=C(Oc1c(C)cc(C(C)=O)cc1C(C)C)C(F)(F)F. The number of halogens is 3. The average molecular weight is 345 g/mol. The highest BCUT2D eigenvalue weighted by Crippen LogP contribution is 2.33. The quantitative estimate of drug-likeness (QED) is 0.462. The predicted molar refractivity (Wildman–Crippen MR) is 81.8 cm³/mol. The number of Topliss-reactive ketones (excluding diaryl/α,β-unsaturated/α-hetero) is 1. The van der Waals surface area contributed by atoms with E-state index in [1.807, 2.05) is 0 Å². The van der Waals surface area contributed by atoms with Gasteiger partial charge in [-0.25, -0.2) is 4.79 Å². The molecule has 1 rings (SSSR count). The first-order valence-corrected chi connectivity index (χ1v) is 7.04. The molecule has 132 valence electrons. The van der Waals surface area contributed by atoms with Crippen molar-refractivity contribution in [2.24, 2.45) is 4.99 Å². The van der Waals surface area contributed by atoms with Gasteiger partial charge < -0.3 is 9.47 Å². The van der Waals surface area contributed by atoms with E-state index in [0.29, 0.717) is 16.7 Å². The van der Waals surface area contributed by atoms with Crippen molar-refractivity contribution >= 4 is 17.8 Å². The number of aliphatic imine (C=N–C) groups is 1. The van der Waals surface area contributed by atoms with Crippen molar-refractivity contribution in [3.05, 3.63) is 28.8 Å². The zero-order chi connectivity index (χ0) is 18.7. The largest absolute Gasteiger partial charge is 0.469 e. The summed E-state index contributed by atoms with van der Waals surface area (Å²) in [5.41, 5.74) is 1.09. The van der Waals surface area contributed by atoms with Crippen LogP contribution < -0.4 is 4.74 Å². The minimum absolute atomic E-state index is 0.0880. The number of hydrogen-bond donors (Lipinski definition) is 0. The third-order valence-electron chi connectivity index (χ3n) is 3.14. The van der Waals surface area contributed by atoms with Gasteiger partial charge in [0.2, 0.25) is 0 Å². The van der Waals surface area contributed by atoms with E-state index in [0.717, 1.165) is 7.11 Å². The zero-order valence-electron chi connectivity index (χ0n) is 13.9. The number of alkyl halides is 3. The molecule has 0 fully saturated rings. The fourth-order valence-corrected chi connectivity index (χ4v) is 1.94. The Hall–Kier alpha value is -2.38. The Morgan fingerprint density at radius 1 is 1.21 bits per heavy atom. The lowest BCUT2D eigenvalue weighted by atomic mass is 9.95. The minimum Gasteiger partial charge on any atom is -0.451 e. The van der Waals surface area contributed by atoms with Gasteiger partial charge in [0.1, 0.15) is 5.75 Å². The molecule has 0 saturated carbocycles. The number of methoxy groups -OCH3 is 1. The minimum atomic E-state index is -4.98. The van der Waals surface area contributed by atoms with Crippen LogP contribution >= 0.6 is 0 Å². The van der Waals surface area contributed by atoms with Gasteiger partial charge in [0.05, 0.1) is 7.11 Å². The molecule has 0 saturated heterocycles. The number of ketones is 1. The summed E-state index contributed by atoms with van der Waals surface area (Å²) in [6.45, 7) is 6.37. The van der Waals surface area contributed by atoms with Gasteiger partial charge in [0.15, 0.2) is 5.78 Å². The van der Waals surface area contributed by atoms with Gasteiger partial charge in [-0.05, 0) is 43.0 Å². The number of carbonyl (C=O) groups is 2. The van der Waals surface area contributed by atoms with Gasteiger partial charge in [-0.3, -0.25) is 4.79 Å². The maximum Gasteiger partial charge on any atom is 0.469 e. The van der Waals surface area contributed by atoms with Crippen LogP contribution in [0.25, 0.3) is 0 Å². The molecule has 0 aliphatic heterocycles. The fourth-order valence-electron chi connectivity index (χ4n) is 1.94. The summed E-state index contributed by atoms with van der Waals surface area (Å²) in [5.74, 6) is -2.25. The Morgan fingerprint density at radius 3 is 2.21 bits per heavy atom. The van der Waals surface area contributed by atoms with E-state index in [9.17, 15) is 22.8 Å². The molecule has 5 nitrogen and oxygen atoms in total. The standard InChI is InChI=1S/C16H18F3NO4/c1-8(2)12-7-11(10(4)21)6-9(3)13(12)24-14(16(17,18)19)20-15(22)23-5/h6-8H,1-5H3. The van der Waals surface area contributed by atoms with Crippen LogP contribution in [0.2, 0.25) is 0 Å². The van der Waals surface area contributed by atoms with Crippen LogP contribution in [0.3, 0.4) is 0 Å². The molecule has 1 aromatic carbocycles. The molecule has 0 aliphatic rings. The number of carbonyl (C=O) groups excluding carboxylic acids is 2. The third kappa shape index (κ3) is 4.81. The van der Waals surface area contributed by atoms with Crippen LogP contribution in [0.1, 0.15) is 48.2 Å². The number of benzene rings is 1. The van der Waals surface area contributed by atoms with E-state index < -0.39 is 18.2 Å². The predicted octanol–water partition coefficient (Wildman–Crippen LogP) is 4.43. The summed E-state index contributed by atoms with van der Waals surface area (Å²) >= 11 is 0. The van der Waals surface area contributed by atoms with Crippen molar-refractivity contribution in [1.29, 1.82) is 0 Å². The molecule has 0 spiro atoms. The summed E-state index contributed by atoms with van der Waals surface area (Å²) < 4.78 is 48.2. The second-order valence-corrected chi connectivity index (χ2v) is 5.41. The van der Waals surface area contributed by atoms with E-state index in [2.05, 4.69) is 9.73 Å². The molecule has 1 amide bonds. The lowest BCUT2D eigenvalue weighted by molar-refractivity contribution is -0.0712. The van der Waals surface area contributed by atoms with Crippen molar-refractivity contribution < 1.29 is 32.2 Å². The monoisotopic (exact) mass is 345 g/mol. The fraction of sp³-hybridized carbons (Fsp3) is 0.438. The second kappa shape index (κ2) is 7.46. The van der Waals surface area contributed by atoms with Gasteiger partial charge in [0.25, 0.3) is 0 Å². The van der Waals surface area contributed by atoms with Crippen molar-refractivity contribution in [1.82, 2.24) is 0 Å². The molecular formula is C16H18F3NO4. The molecule has 0 bridgehead atoms. The van der Waals surface area contributed by atoms with E-state index in [-0.39, 0.29) is 17.5 Å². The molecule has 0 radical (unpaired) electrons. The summed E-state index contributed by atoms with van der Waals surface area (Å²) in [6.07, 6.45) is -6.40. The smallest absolute Gasteiger partial charge is 0.451 e. The summed E-state index contributed by atoms with van der Waals surface area (Å²) in [7, 11) is 0.909. The topological polar surface area (TPSA) is 65.0 Å². The second-order valence-electron chi connectivity index (χ2n) is 5.41. The van der Waals surface area contributed by atoms with Gasteiger partial charge in [-0.15, -0.1) is 4.99 Å². The van der Waals surface area contributed by atoms with Crippen LogP contribution in [0.4, 0.5) is 18.0 Å². The molecule has 0 heterocycles. The molecule has 0 aliphatic carbocycles. The van der Waals surface area contributed by atoms with E-state index in [1.165, 1.54) is 26.0 Å². The number of aryl methyl sites for hydroxylation is 1. The van der Waals surface area contributed by atoms with Crippen LogP contribution in [-0.4, -0.2) is 31.1 Å². The molecule has 24 heavy (non-hydrogen) atoms. The van der Waals surface area contributed by atoms with Crippen molar-refractivity contribution in [2.45, 2.75) is 39.8 Å². The highest BCUT2D eigenvalue weighted by atomic mass is 19.4. The molecule has 0 N–H and O–H groups in total. The number of nitrogens with zero attached hydrogens (tertiary/aromatic N) is 1. The molecule has 8 heteroatoms. The number of rotatable bonds is 3. The van der Waals surface area contributed by atoms with Crippen LogP contribution in [0.15, 0.2) is 17.1 Å². The number of ether oxygens (including phenoxy) is 2. The van der Waals surface area contributed by atoms with Gasteiger partial charge >= 0.3 is 18.2 Å². The van der Waals surface area contributed by atoms with Crippen molar-refractivity contribution in [2.75, 3.05) is 7.11 Å². The van der Waals surface area contributed by atoms with Crippen LogP contribution in [0.5, 0.6) is 5.75 Å². The van der Waals surface area contributed by atoms with Gasteiger partial charge in [0, 0.05) is 5.56 Å². The van der Waals surface area contributed by atoms with E-state index in [1.54, 1.807) is 13.8 Å². The summed E-state index contributed by atoms with van der Waals surface area (Å²) in [5, 5.41) is 0. The molecule has 1 aromatic rings. The van der Waals surface area contributed by atoms with E-state index in [4.69, 9.17) is 4.74 Å². The van der Waals surface area contributed by atoms with E-state index >= 15 is 0 Å². The maximum absolute atomic E-state index is 13.1. The summed E-state index contributed by atoms with van der Waals surface area (Å²) in [4.78, 5) is 25.4. The highest BCUT2D eigenvalue weighted by molar-refractivity contribution is 5.96. The highest BCUT2D eigenvalue weighted by Gasteiger charge is 2.40. The normalized spacial score (nSPS) is 12.3.